The van der Waals surface area contributed by atoms with Crippen LogP contribution < -0.4 is 0 Å². The van der Waals surface area contributed by atoms with Crippen LogP contribution in [0.15, 0.2) is 77.7 Å². The molecule has 2 heteroatoms. The first-order valence-corrected chi connectivity index (χ1v) is 6.84. The Morgan fingerprint density at radius 2 is 1.05 bits per heavy atom. The van der Waals surface area contributed by atoms with Crippen molar-refractivity contribution in [1.82, 2.24) is 0 Å². The van der Waals surface area contributed by atoms with Gasteiger partial charge in [-0.1, -0.05) is 60.7 Å². The fourth-order valence-electron chi connectivity index (χ4n) is 2.27. The summed E-state index contributed by atoms with van der Waals surface area (Å²) in [5.74, 6) is -0.250. The van der Waals surface area contributed by atoms with E-state index in [0.717, 1.165) is 27.1 Å². The summed E-state index contributed by atoms with van der Waals surface area (Å²) in [6.45, 7) is 0. The van der Waals surface area contributed by atoms with E-state index in [1.807, 2.05) is 60.7 Å². The normalized spacial score (nSPS) is 10.5. The van der Waals surface area contributed by atoms with E-state index in [2.05, 4.69) is 12.6 Å². The number of hydrogen-bond donors (Lipinski definition) is 1. The van der Waals surface area contributed by atoms with Gasteiger partial charge in [0.05, 0.1) is 0 Å². The lowest BCUT2D eigenvalue weighted by atomic mass is 9.98. The maximum atomic E-state index is 13.9. The monoisotopic (exact) mass is 280 g/mol. The Morgan fingerprint density at radius 1 is 0.650 bits per heavy atom. The highest BCUT2D eigenvalue weighted by atomic mass is 32.1. The van der Waals surface area contributed by atoms with Crippen LogP contribution in [0.25, 0.3) is 22.3 Å². The zero-order chi connectivity index (χ0) is 13.9. The molecule has 3 rings (SSSR count). The molecule has 0 aromatic heterocycles. The Morgan fingerprint density at radius 3 is 1.45 bits per heavy atom. The van der Waals surface area contributed by atoms with Gasteiger partial charge in [0, 0.05) is 4.90 Å². The van der Waals surface area contributed by atoms with Gasteiger partial charge >= 0.3 is 0 Å². The minimum Gasteiger partial charge on any atom is -0.207 e. The second kappa shape index (κ2) is 5.51. The largest absolute Gasteiger partial charge is 0.207 e. The summed E-state index contributed by atoms with van der Waals surface area (Å²) in [5.41, 5.74) is 3.56. The Kier molecular flexibility index (Phi) is 3.57. The van der Waals surface area contributed by atoms with Crippen molar-refractivity contribution in [1.29, 1.82) is 0 Å². The van der Waals surface area contributed by atoms with Crippen molar-refractivity contribution in [2.75, 3.05) is 0 Å². The molecule has 0 unspecified atom stereocenters. The number of rotatable bonds is 2. The lowest BCUT2D eigenvalue weighted by Crippen LogP contribution is -1.88. The minimum absolute atomic E-state index is 0.250. The Bertz CT molecular complexity index is 660. The van der Waals surface area contributed by atoms with Crippen molar-refractivity contribution >= 4 is 12.6 Å². The molecule has 0 N–H and O–H groups in total. The molecule has 98 valence electrons. The Labute approximate surface area is 123 Å². The summed E-state index contributed by atoms with van der Waals surface area (Å²) in [7, 11) is 0. The molecule has 0 amide bonds. The Balaban J connectivity index is 2.22. The smallest absolute Gasteiger partial charge is 0.124 e. The predicted molar refractivity (Wildman–Crippen MR) is 84.5 cm³/mol. The molecule has 0 spiro atoms. The van der Waals surface area contributed by atoms with Crippen molar-refractivity contribution in [3.63, 3.8) is 0 Å². The lowest BCUT2D eigenvalue weighted by Gasteiger charge is -2.12. The fourth-order valence-corrected chi connectivity index (χ4v) is 2.66. The summed E-state index contributed by atoms with van der Waals surface area (Å²) in [5, 5.41) is 0. The van der Waals surface area contributed by atoms with E-state index < -0.39 is 0 Å². The van der Waals surface area contributed by atoms with Crippen LogP contribution in [0, 0.1) is 5.82 Å². The van der Waals surface area contributed by atoms with Gasteiger partial charge in [-0.3, -0.25) is 0 Å². The number of benzene rings is 3. The third kappa shape index (κ3) is 2.47. The van der Waals surface area contributed by atoms with E-state index in [-0.39, 0.29) is 5.82 Å². The maximum absolute atomic E-state index is 13.9. The van der Waals surface area contributed by atoms with Gasteiger partial charge in [-0.15, -0.1) is 12.6 Å². The summed E-state index contributed by atoms with van der Waals surface area (Å²) in [4.78, 5) is 0.795. The van der Waals surface area contributed by atoms with E-state index in [1.165, 1.54) is 12.1 Å². The van der Waals surface area contributed by atoms with Crippen LogP contribution in [0.2, 0.25) is 0 Å². The highest BCUT2D eigenvalue weighted by Gasteiger charge is 2.11. The molecule has 20 heavy (non-hydrogen) atoms. The molecule has 3 aromatic carbocycles. The maximum Gasteiger partial charge on any atom is 0.124 e. The van der Waals surface area contributed by atoms with Crippen molar-refractivity contribution < 1.29 is 4.39 Å². The Hall–Kier alpha value is -2.06. The SMILES string of the molecule is Fc1cc(-c2ccccc2)c(S)c(-c2ccccc2)c1. The van der Waals surface area contributed by atoms with Gasteiger partial charge in [0.15, 0.2) is 0 Å². The minimum atomic E-state index is -0.250. The molecule has 0 saturated carbocycles. The molecule has 3 aromatic rings. The van der Waals surface area contributed by atoms with Crippen molar-refractivity contribution in [3.05, 3.63) is 78.6 Å². The van der Waals surface area contributed by atoms with Crippen LogP contribution >= 0.6 is 12.6 Å². The number of hydrogen-bond acceptors (Lipinski definition) is 1. The molecular weight excluding hydrogens is 267 g/mol. The molecule has 0 radical (unpaired) electrons. The van der Waals surface area contributed by atoms with Crippen LogP contribution in [0.5, 0.6) is 0 Å². The van der Waals surface area contributed by atoms with Gasteiger partial charge in [0.1, 0.15) is 5.82 Å². The van der Waals surface area contributed by atoms with Crippen molar-refractivity contribution in [2.45, 2.75) is 4.90 Å². The third-order valence-corrected chi connectivity index (χ3v) is 3.73. The molecule has 0 heterocycles. The summed E-state index contributed by atoms with van der Waals surface area (Å²) < 4.78 is 13.9. The van der Waals surface area contributed by atoms with Crippen LogP contribution in [0.4, 0.5) is 4.39 Å². The highest BCUT2D eigenvalue weighted by molar-refractivity contribution is 7.80. The molecule has 0 saturated heterocycles. The first kappa shape index (κ1) is 12.9. The van der Waals surface area contributed by atoms with Gasteiger partial charge in [0.2, 0.25) is 0 Å². The average Bonchev–Trinajstić information content (AvgIpc) is 2.51. The molecule has 0 aliphatic rings. The summed E-state index contributed by atoms with van der Waals surface area (Å²) >= 11 is 4.61. The van der Waals surface area contributed by atoms with E-state index in [4.69, 9.17) is 0 Å². The van der Waals surface area contributed by atoms with Crippen LogP contribution in [0.3, 0.4) is 0 Å². The van der Waals surface area contributed by atoms with E-state index >= 15 is 0 Å². The fraction of sp³-hybridized carbons (Fsp3) is 0. The van der Waals surface area contributed by atoms with Gasteiger partial charge in [-0.25, -0.2) is 4.39 Å². The van der Waals surface area contributed by atoms with E-state index in [9.17, 15) is 4.39 Å². The standard InChI is InChI=1S/C18H13FS/c19-15-11-16(13-7-3-1-4-8-13)18(20)17(12-15)14-9-5-2-6-10-14/h1-12,20H. The number of halogens is 1. The van der Waals surface area contributed by atoms with E-state index in [0.29, 0.717) is 0 Å². The molecule has 0 bridgehead atoms. The van der Waals surface area contributed by atoms with Gasteiger partial charge < -0.3 is 0 Å². The van der Waals surface area contributed by atoms with Crippen molar-refractivity contribution in [3.8, 4) is 22.3 Å². The number of thiol groups is 1. The molecule has 0 atom stereocenters. The zero-order valence-electron chi connectivity index (χ0n) is 10.8. The van der Waals surface area contributed by atoms with Gasteiger partial charge in [-0.2, -0.15) is 0 Å². The first-order chi connectivity index (χ1) is 9.75. The summed E-state index contributed by atoms with van der Waals surface area (Å²) in [6.07, 6.45) is 0. The second-order valence-corrected chi connectivity index (χ2v) is 5.03. The van der Waals surface area contributed by atoms with E-state index in [1.54, 1.807) is 0 Å². The first-order valence-electron chi connectivity index (χ1n) is 6.39. The van der Waals surface area contributed by atoms with Gasteiger partial charge in [0.25, 0.3) is 0 Å². The summed E-state index contributed by atoms with van der Waals surface area (Å²) in [6, 6.07) is 22.6. The molecule has 0 aliphatic carbocycles. The van der Waals surface area contributed by atoms with Crippen LogP contribution in [-0.2, 0) is 0 Å². The molecule has 0 nitrogen and oxygen atoms in total. The van der Waals surface area contributed by atoms with Crippen LogP contribution in [-0.4, -0.2) is 0 Å². The highest BCUT2D eigenvalue weighted by Crippen LogP contribution is 2.35. The topological polar surface area (TPSA) is 0 Å². The zero-order valence-corrected chi connectivity index (χ0v) is 11.6. The molecule has 0 aliphatic heterocycles. The van der Waals surface area contributed by atoms with Crippen molar-refractivity contribution in [2.24, 2.45) is 0 Å². The van der Waals surface area contributed by atoms with Crippen LogP contribution in [0.1, 0.15) is 0 Å². The predicted octanol–water partition coefficient (Wildman–Crippen LogP) is 5.45. The molecule has 0 fully saturated rings. The third-order valence-electron chi connectivity index (χ3n) is 3.24. The second-order valence-electron chi connectivity index (χ2n) is 4.58. The lowest BCUT2D eigenvalue weighted by molar-refractivity contribution is 0.628. The van der Waals surface area contributed by atoms with Gasteiger partial charge in [-0.05, 0) is 34.4 Å². The average molecular weight is 280 g/mol. The quantitative estimate of drug-likeness (QED) is 0.593. The molecular formula is C18H13FS.